The van der Waals surface area contributed by atoms with Crippen LogP contribution in [0.4, 0.5) is 4.79 Å². The van der Waals surface area contributed by atoms with Gasteiger partial charge in [0.05, 0.1) is 32.0 Å². The highest BCUT2D eigenvalue weighted by Gasteiger charge is 2.43. The molecule has 10 heteroatoms. The summed E-state index contributed by atoms with van der Waals surface area (Å²) in [6.45, 7) is 9.01. The van der Waals surface area contributed by atoms with Crippen molar-refractivity contribution in [1.29, 1.82) is 0 Å². The van der Waals surface area contributed by atoms with Crippen LogP contribution in [0.2, 0.25) is 0 Å². The van der Waals surface area contributed by atoms with Gasteiger partial charge >= 0.3 is 12.1 Å². The molecule has 0 spiro atoms. The molecule has 1 aliphatic heterocycles. The van der Waals surface area contributed by atoms with Gasteiger partial charge in [0.1, 0.15) is 35.3 Å². The molecule has 1 aromatic heterocycles. The third-order valence-electron chi connectivity index (χ3n) is 6.74. The Morgan fingerprint density at radius 2 is 1.86 bits per heavy atom. The van der Waals surface area contributed by atoms with Gasteiger partial charge in [-0.15, -0.1) is 6.58 Å². The zero-order valence-corrected chi connectivity index (χ0v) is 24.6. The van der Waals surface area contributed by atoms with Crippen molar-refractivity contribution < 1.29 is 33.3 Å². The Labute approximate surface area is 245 Å². The predicted octanol–water partition coefficient (Wildman–Crippen LogP) is 4.90. The Morgan fingerprint density at radius 1 is 1.12 bits per heavy atom. The van der Waals surface area contributed by atoms with Crippen molar-refractivity contribution in [3.8, 4) is 22.8 Å². The Hall–Kier alpha value is -4.60. The van der Waals surface area contributed by atoms with Crippen LogP contribution in [0.15, 0.2) is 67.3 Å². The van der Waals surface area contributed by atoms with E-state index in [1.165, 1.54) is 18.1 Å². The van der Waals surface area contributed by atoms with E-state index in [4.69, 9.17) is 23.9 Å². The molecule has 2 heterocycles. The lowest BCUT2D eigenvalue weighted by Crippen LogP contribution is -2.51. The van der Waals surface area contributed by atoms with Crippen LogP contribution in [0, 0.1) is 0 Å². The largest absolute Gasteiger partial charge is 0.497 e. The molecule has 10 nitrogen and oxygen atoms in total. The van der Waals surface area contributed by atoms with E-state index >= 15 is 0 Å². The minimum atomic E-state index is -0.941. The van der Waals surface area contributed by atoms with Crippen LogP contribution in [-0.4, -0.2) is 72.4 Å². The molecule has 1 fully saturated rings. The van der Waals surface area contributed by atoms with Gasteiger partial charge in [0.25, 0.3) is 0 Å². The molecule has 0 aliphatic carbocycles. The van der Waals surface area contributed by atoms with Crippen molar-refractivity contribution in [2.24, 2.45) is 0 Å². The first-order chi connectivity index (χ1) is 20.0. The number of carbonyl (C=O) groups is 3. The number of ether oxygens (including phenoxy) is 4. The number of hydrogen-bond donors (Lipinski definition) is 1. The van der Waals surface area contributed by atoms with Gasteiger partial charge in [0, 0.05) is 29.5 Å². The highest BCUT2D eigenvalue weighted by Crippen LogP contribution is 2.34. The Morgan fingerprint density at radius 3 is 2.50 bits per heavy atom. The number of methoxy groups -OCH3 is 2. The second-order valence-corrected chi connectivity index (χ2v) is 11.0. The monoisotopic (exact) mass is 575 g/mol. The minimum absolute atomic E-state index is 0.0952. The number of esters is 1. The van der Waals surface area contributed by atoms with Crippen molar-refractivity contribution in [3.63, 3.8) is 0 Å². The molecular formula is C32H37N3O7. The molecule has 1 aliphatic rings. The van der Waals surface area contributed by atoms with Crippen LogP contribution in [0.3, 0.4) is 0 Å². The van der Waals surface area contributed by atoms with Crippen molar-refractivity contribution in [1.82, 2.24) is 15.2 Å². The van der Waals surface area contributed by atoms with Crippen LogP contribution in [0.5, 0.6) is 11.5 Å². The molecule has 0 radical (unpaired) electrons. The third kappa shape index (κ3) is 7.18. The Kier molecular flexibility index (Phi) is 9.35. The van der Waals surface area contributed by atoms with E-state index in [0.29, 0.717) is 22.7 Å². The number of likely N-dealkylation sites (tertiary alicyclic amines) is 1. The van der Waals surface area contributed by atoms with Gasteiger partial charge in [-0.25, -0.2) is 14.6 Å². The van der Waals surface area contributed by atoms with Gasteiger partial charge < -0.3 is 24.3 Å². The number of benzene rings is 2. The summed E-state index contributed by atoms with van der Waals surface area (Å²) < 4.78 is 22.4. The number of rotatable bonds is 9. The van der Waals surface area contributed by atoms with Gasteiger partial charge in [0.2, 0.25) is 5.91 Å². The number of hydrogen-bond acceptors (Lipinski definition) is 8. The summed E-state index contributed by atoms with van der Waals surface area (Å²) in [6.07, 6.45) is 0.656. The quantitative estimate of drug-likeness (QED) is 0.283. The molecule has 0 unspecified atom stereocenters. The van der Waals surface area contributed by atoms with Gasteiger partial charge in [-0.2, -0.15) is 0 Å². The van der Waals surface area contributed by atoms with E-state index in [1.807, 2.05) is 54.6 Å². The first-order valence-corrected chi connectivity index (χ1v) is 13.7. The van der Waals surface area contributed by atoms with Crippen molar-refractivity contribution >= 4 is 28.9 Å². The summed E-state index contributed by atoms with van der Waals surface area (Å²) in [5.41, 5.74) is 1.50. The van der Waals surface area contributed by atoms with E-state index in [1.54, 1.807) is 27.9 Å². The maximum Gasteiger partial charge on any atom is 0.411 e. The van der Waals surface area contributed by atoms with Gasteiger partial charge in [0.15, 0.2) is 0 Å². The zero-order chi connectivity index (χ0) is 30.4. The summed E-state index contributed by atoms with van der Waals surface area (Å²) in [7, 11) is 2.84. The van der Waals surface area contributed by atoms with Crippen molar-refractivity contribution in [2.75, 3.05) is 20.8 Å². The number of nitrogens with one attached hydrogen (secondary N) is 1. The number of pyridine rings is 1. The molecule has 0 bridgehead atoms. The lowest BCUT2D eigenvalue weighted by Gasteiger charge is -2.28. The van der Waals surface area contributed by atoms with Gasteiger partial charge in [-0.05, 0) is 39.3 Å². The minimum Gasteiger partial charge on any atom is -0.497 e. The number of fused-ring (bicyclic) bond motifs is 1. The van der Waals surface area contributed by atoms with Crippen LogP contribution < -0.4 is 14.8 Å². The zero-order valence-electron chi connectivity index (χ0n) is 24.6. The fourth-order valence-electron chi connectivity index (χ4n) is 4.78. The molecule has 4 rings (SSSR count). The molecule has 0 saturated carbocycles. The fourth-order valence-corrected chi connectivity index (χ4v) is 4.78. The maximum absolute atomic E-state index is 13.5. The average molecular weight is 576 g/mol. The molecule has 2 aromatic carbocycles. The molecule has 2 amide bonds. The summed E-state index contributed by atoms with van der Waals surface area (Å²) in [4.78, 5) is 45.1. The normalized spacial score (nSPS) is 17.3. The van der Waals surface area contributed by atoms with E-state index in [9.17, 15) is 14.4 Å². The summed E-state index contributed by atoms with van der Waals surface area (Å²) in [5.74, 6) is 0.0823. The number of amides is 2. The number of carbonyl (C=O) groups excluding carboxylic acids is 3. The van der Waals surface area contributed by atoms with E-state index in [2.05, 4.69) is 11.9 Å². The molecule has 42 heavy (non-hydrogen) atoms. The summed E-state index contributed by atoms with van der Waals surface area (Å²) in [5, 5.41) is 3.46. The maximum atomic E-state index is 13.5. The van der Waals surface area contributed by atoms with Crippen molar-refractivity contribution in [3.05, 3.63) is 67.3 Å². The SMILES string of the molecule is C=CC[C@H](NC(=O)[C@@H]1C[C@@H](Oc2cc(-c3ccccc3)nc3cc(OC)ccc23)CN1C(=O)OC(C)(C)C)C(=O)OC. The van der Waals surface area contributed by atoms with Gasteiger partial charge in [-0.3, -0.25) is 9.69 Å². The van der Waals surface area contributed by atoms with E-state index in [0.717, 1.165) is 10.9 Å². The van der Waals surface area contributed by atoms with Crippen LogP contribution >= 0.6 is 0 Å². The standard InChI is InChI=1S/C32H37N3O7/c1-7-11-24(30(37)40-6)34-29(36)27-17-22(19-35(27)31(38)42-32(2,3)4)41-28-18-25(20-12-9-8-10-13-20)33-26-16-21(39-5)14-15-23(26)28/h7-10,12-16,18,22,24,27H,1,11,17,19H2,2-6H3,(H,34,36)/t22-,24+,27+/m1/s1. The lowest BCUT2D eigenvalue weighted by molar-refractivity contribution is -0.145. The number of nitrogens with zero attached hydrogens (tertiary/aromatic N) is 2. The van der Waals surface area contributed by atoms with Crippen LogP contribution in [0.25, 0.3) is 22.2 Å². The van der Waals surface area contributed by atoms with E-state index < -0.39 is 41.8 Å². The molecule has 1 N–H and O–H groups in total. The highest BCUT2D eigenvalue weighted by molar-refractivity contribution is 5.91. The highest BCUT2D eigenvalue weighted by atomic mass is 16.6. The Bertz CT molecular complexity index is 1450. The number of aromatic nitrogens is 1. The smallest absolute Gasteiger partial charge is 0.411 e. The van der Waals surface area contributed by atoms with Crippen LogP contribution in [-0.2, 0) is 19.1 Å². The average Bonchev–Trinajstić information content (AvgIpc) is 3.40. The van der Waals surface area contributed by atoms with Gasteiger partial charge in [-0.1, -0.05) is 36.4 Å². The summed E-state index contributed by atoms with van der Waals surface area (Å²) in [6, 6.07) is 15.2. The second-order valence-electron chi connectivity index (χ2n) is 11.0. The topological polar surface area (TPSA) is 116 Å². The fraction of sp³-hybridized carbons (Fsp3) is 0.375. The van der Waals surface area contributed by atoms with E-state index in [-0.39, 0.29) is 19.4 Å². The molecular weight excluding hydrogens is 538 g/mol. The second kappa shape index (κ2) is 12.9. The molecule has 222 valence electrons. The first-order valence-electron chi connectivity index (χ1n) is 13.7. The molecule has 3 aromatic rings. The lowest BCUT2D eigenvalue weighted by atomic mass is 10.1. The predicted molar refractivity (Wildman–Crippen MR) is 158 cm³/mol. The molecule has 1 saturated heterocycles. The third-order valence-corrected chi connectivity index (χ3v) is 6.74. The van der Waals surface area contributed by atoms with Crippen molar-refractivity contribution in [2.45, 2.75) is 57.4 Å². The Balaban J connectivity index is 1.67. The molecule has 3 atom stereocenters. The van der Waals surface area contributed by atoms with Crippen LogP contribution in [0.1, 0.15) is 33.6 Å². The first kappa shape index (κ1) is 30.4. The summed E-state index contributed by atoms with van der Waals surface area (Å²) >= 11 is 0.